The minimum Gasteiger partial charge on any atom is -0.410 e. The fourth-order valence-electron chi connectivity index (χ4n) is 4.05. The summed E-state index contributed by atoms with van der Waals surface area (Å²) in [5.74, 6) is -0.732. The van der Waals surface area contributed by atoms with Crippen LogP contribution in [-0.2, 0) is 20.5 Å². The predicted molar refractivity (Wildman–Crippen MR) is 147 cm³/mol. The van der Waals surface area contributed by atoms with E-state index in [2.05, 4.69) is 45.7 Å². The lowest BCUT2D eigenvalue weighted by Gasteiger charge is -2.28. The Kier molecular flexibility index (Phi) is 11.7. The van der Waals surface area contributed by atoms with Gasteiger partial charge in [-0.3, -0.25) is 9.59 Å². The molecule has 2 amide bonds. The molecule has 2 atom stereocenters. The summed E-state index contributed by atoms with van der Waals surface area (Å²) in [6.07, 6.45) is 1.88. The van der Waals surface area contributed by atoms with Gasteiger partial charge in [0.15, 0.2) is 0 Å². The molecule has 0 unspecified atom stereocenters. The number of hydrogen-bond acceptors (Lipinski definition) is 5. The third-order valence-corrected chi connectivity index (χ3v) is 6.73. The number of carbonyl (C=O) groups is 2. The van der Waals surface area contributed by atoms with Crippen molar-refractivity contribution < 1.29 is 18.9 Å². The van der Waals surface area contributed by atoms with Crippen molar-refractivity contribution in [2.24, 2.45) is 5.92 Å². The number of hydrogen-bond donors (Lipinski definition) is 3. The van der Waals surface area contributed by atoms with Gasteiger partial charge in [0, 0.05) is 35.7 Å². The lowest BCUT2D eigenvalue weighted by atomic mass is 9.73. The number of carbonyl (C=O) groups excluding carboxylic acids is 2. The van der Waals surface area contributed by atoms with Gasteiger partial charge >= 0.3 is 7.12 Å². The van der Waals surface area contributed by atoms with Gasteiger partial charge in [-0.1, -0.05) is 55.8 Å². The van der Waals surface area contributed by atoms with Crippen molar-refractivity contribution in [2.75, 3.05) is 26.3 Å². The zero-order valence-corrected chi connectivity index (χ0v) is 23.1. The maximum absolute atomic E-state index is 13.6. The molecule has 0 radical (unpaired) electrons. The number of benzene rings is 2. The molecule has 2 aromatic carbocycles. The van der Waals surface area contributed by atoms with Crippen LogP contribution in [-0.4, -0.2) is 57.2 Å². The van der Waals surface area contributed by atoms with E-state index in [9.17, 15) is 9.59 Å². The zero-order chi connectivity index (χ0) is 25.9. The Balaban J connectivity index is 1.81. The molecule has 3 N–H and O–H groups in total. The molecule has 0 bridgehead atoms. The summed E-state index contributed by atoms with van der Waals surface area (Å²) in [5.41, 5.74) is 1.30. The molecular formula is C26H34BBrClN3O4. The molecule has 0 spiro atoms. The molecule has 0 aromatic heterocycles. The van der Waals surface area contributed by atoms with Gasteiger partial charge in [-0.2, -0.15) is 0 Å². The van der Waals surface area contributed by atoms with Gasteiger partial charge in [-0.15, -0.1) is 0 Å². The van der Waals surface area contributed by atoms with Gasteiger partial charge in [0.1, 0.15) is 6.04 Å². The molecule has 0 aliphatic carbocycles. The molecule has 1 fully saturated rings. The van der Waals surface area contributed by atoms with Gasteiger partial charge in [0.2, 0.25) is 5.91 Å². The molecule has 1 saturated heterocycles. The molecule has 0 saturated carbocycles. The summed E-state index contributed by atoms with van der Waals surface area (Å²) in [4.78, 5) is 26.8. The average molecular weight is 579 g/mol. The van der Waals surface area contributed by atoms with E-state index in [1.54, 1.807) is 18.2 Å². The first-order valence-electron chi connectivity index (χ1n) is 12.4. The molecule has 194 valence electrons. The summed E-state index contributed by atoms with van der Waals surface area (Å²) in [6, 6.07) is 13.8. The highest BCUT2D eigenvalue weighted by atomic mass is 79.9. The van der Waals surface area contributed by atoms with E-state index in [1.807, 2.05) is 30.3 Å². The first-order chi connectivity index (χ1) is 17.3. The van der Waals surface area contributed by atoms with E-state index in [4.69, 9.17) is 20.9 Å². The maximum atomic E-state index is 13.6. The number of rotatable bonds is 9. The lowest BCUT2D eigenvalue weighted by molar-refractivity contribution is -0.123. The van der Waals surface area contributed by atoms with Crippen LogP contribution < -0.4 is 16.0 Å². The fourth-order valence-corrected chi connectivity index (χ4v) is 4.64. The Morgan fingerprint density at radius 2 is 1.83 bits per heavy atom. The van der Waals surface area contributed by atoms with Crippen LogP contribution in [0.1, 0.15) is 42.6 Å². The van der Waals surface area contributed by atoms with Crippen LogP contribution in [0.2, 0.25) is 5.02 Å². The average Bonchev–Trinajstić information content (AvgIpc) is 2.99. The second-order valence-corrected chi connectivity index (χ2v) is 10.6. The second kappa shape index (κ2) is 14.7. The van der Waals surface area contributed by atoms with Crippen LogP contribution in [0.5, 0.6) is 0 Å². The smallest absolute Gasteiger partial charge is 0.410 e. The van der Waals surface area contributed by atoms with Crippen LogP contribution in [0.3, 0.4) is 0 Å². The van der Waals surface area contributed by atoms with Gasteiger partial charge in [0.05, 0.1) is 11.5 Å². The maximum Gasteiger partial charge on any atom is 0.480 e. The van der Waals surface area contributed by atoms with Crippen molar-refractivity contribution in [3.05, 3.63) is 69.2 Å². The van der Waals surface area contributed by atoms with E-state index in [0.717, 1.165) is 25.1 Å². The molecule has 10 heteroatoms. The molecule has 1 heterocycles. The van der Waals surface area contributed by atoms with E-state index in [0.29, 0.717) is 47.0 Å². The van der Waals surface area contributed by atoms with E-state index < -0.39 is 13.2 Å². The number of amides is 2. The number of halogens is 2. The van der Waals surface area contributed by atoms with Crippen LogP contribution in [0, 0.1) is 5.92 Å². The Labute approximate surface area is 227 Å². The Morgan fingerprint density at radius 3 is 2.58 bits per heavy atom. The fraction of sp³-hybridized carbons (Fsp3) is 0.462. The van der Waals surface area contributed by atoms with Crippen molar-refractivity contribution in [1.29, 1.82) is 0 Å². The highest BCUT2D eigenvalue weighted by molar-refractivity contribution is 9.10. The Bertz CT molecular complexity index is 988. The van der Waals surface area contributed by atoms with E-state index in [1.165, 1.54) is 0 Å². The third kappa shape index (κ3) is 9.19. The summed E-state index contributed by atoms with van der Waals surface area (Å²) >= 11 is 9.52. The summed E-state index contributed by atoms with van der Waals surface area (Å²) in [6.45, 7) is 6.80. The van der Waals surface area contributed by atoms with E-state index in [-0.39, 0.29) is 17.8 Å². The molecular weight excluding hydrogens is 544 g/mol. The summed E-state index contributed by atoms with van der Waals surface area (Å²) in [7, 11) is -0.564. The molecule has 3 rings (SSSR count). The topological polar surface area (TPSA) is 88.7 Å². The van der Waals surface area contributed by atoms with Crippen LogP contribution >= 0.6 is 27.5 Å². The quantitative estimate of drug-likeness (QED) is 0.391. The minimum absolute atomic E-state index is 0.291. The zero-order valence-electron chi connectivity index (χ0n) is 20.8. The van der Waals surface area contributed by atoms with Crippen molar-refractivity contribution in [1.82, 2.24) is 16.0 Å². The molecule has 7 nitrogen and oxygen atoms in total. The van der Waals surface area contributed by atoms with Crippen LogP contribution in [0.15, 0.2) is 53.0 Å². The largest absolute Gasteiger partial charge is 0.480 e. The van der Waals surface area contributed by atoms with E-state index >= 15 is 0 Å². The van der Waals surface area contributed by atoms with Crippen molar-refractivity contribution in [2.45, 2.75) is 45.1 Å². The number of nitrogens with one attached hydrogen (secondary N) is 3. The first kappa shape index (κ1) is 28.7. The van der Waals surface area contributed by atoms with Gasteiger partial charge in [0.25, 0.3) is 5.91 Å². The first-order valence-corrected chi connectivity index (χ1v) is 13.5. The van der Waals surface area contributed by atoms with Crippen molar-refractivity contribution in [3.63, 3.8) is 0 Å². The van der Waals surface area contributed by atoms with Crippen LogP contribution in [0.25, 0.3) is 0 Å². The van der Waals surface area contributed by atoms with Crippen LogP contribution in [0.4, 0.5) is 0 Å². The van der Waals surface area contributed by atoms with Crippen molar-refractivity contribution in [3.8, 4) is 0 Å². The minimum atomic E-state index is -0.807. The SMILES string of the molecule is CC(C)C[C@H](NC(=O)[C@H](Cc1ccccc1)NC(=O)c1cc(Cl)ccc1Br)B1OCCCNCCO1. The highest BCUT2D eigenvalue weighted by Crippen LogP contribution is 2.21. The Hall–Kier alpha value is -1.91. The predicted octanol–water partition coefficient (Wildman–Crippen LogP) is 4.03. The lowest BCUT2D eigenvalue weighted by Crippen LogP contribution is -2.56. The molecule has 36 heavy (non-hydrogen) atoms. The molecule has 1 aliphatic heterocycles. The van der Waals surface area contributed by atoms with Gasteiger partial charge < -0.3 is 25.3 Å². The summed E-state index contributed by atoms with van der Waals surface area (Å²) < 4.78 is 12.6. The Morgan fingerprint density at radius 1 is 1.08 bits per heavy atom. The second-order valence-electron chi connectivity index (χ2n) is 9.30. The monoisotopic (exact) mass is 577 g/mol. The highest BCUT2D eigenvalue weighted by Gasteiger charge is 2.35. The molecule has 2 aromatic rings. The third-order valence-electron chi connectivity index (χ3n) is 5.80. The standard InChI is InChI=1S/C26H34BBrClN3O4/c1-18(2)15-24(27-35-13-6-11-30-12-14-36-27)32-26(34)23(16-19-7-4-3-5-8-19)31-25(33)21-17-20(29)9-10-22(21)28/h3-5,7-10,17-18,23-24,30H,6,11-16H2,1-2H3,(H,31,33)(H,32,34)/t23-,24-/m0/s1. The van der Waals surface area contributed by atoms with Gasteiger partial charge in [-0.05, 0) is 65.0 Å². The molecule has 1 aliphatic rings. The van der Waals surface area contributed by atoms with Crippen molar-refractivity contribution >= 4 is 46.5 Å². The summed E-state index contributed by atoms with van der Waals surface area (Å²) in [5, 5.41) is 9.78. The normalized spacial score (nSPS) is 16.4. The van der Waals surface area contributed by atoms with Gasteiger partial charge in [-0.25, -0.2) is 0 Å².